The molecule has 104 valence electrons. The van der Waals surface area contributed by atoms with E-state index in [1.807, 2.05) is 30.3 Å². The molecule has 2 aromatic rings. The Morgan fingerprint density at radius 3 is 2.65 bits per heavy atom. The minimum atomic E-state index is -0.589. The second-order valence-electron chi connectivity index (χ2n) is 4.09. The first-order valence-corrected chi connectivity index (χ1v) is 6.15. The molecule has 1 aromatic carbocycles. The van der Waals surface area contributed by atoms with E-state index in [-0.39, 0.29) is 5.69 Å². The number of nitrogens with zero attached hydrogens (tertiary/aromatic N) is 1. The summed E-state index contributed by atoms with van der Waals surface area (Å²) in [6.45, 7) is 0.959. The summed E-state index contributed by atoms with van der Waals surface area (Å²) in [4.78, 5) is 15.1. The lowest BCUT2D eigenvalue weighted by atomic mass is 10.3. The molecule has 1 amide bonds. The van der Waals surface area contributed by atoms with Gasteiger partial charge in [-0.05, 0) is 24.3 Å². The van der Waals surface area contributed by atoms with Crippen LogP contribution in [0.1, 0.15) is 10.5 Å². The van der Waals surface area contributed by atoms with Crippen LogP contribution in [-0.2, 0) is 0 Å². The van der Waals surface area contributed by atoms with Gasteiger partial charge in [0, 0.05) is 0 Å². The molecule has 0 saturated carbocycles. The van der Waals surface area contributed by atoms with Gasteiger partial charge >= 0.3 is 0 Å². The summed E-state index contributed by atoms with van der Waals surface area (Å²) in [6.07, 6.45) is 0. The highest BCUT2D eigenvalue weighted by molar-refractivity contribution is 5.91. The SMILES string of the molecule is NC(=O)c1ccc(N)c(NCCOc2ccccc2)n1. The lowest BCUT2D eigenvalue weighted by molar-refractivity contribution is 0.0996. The van der Waals surface area contributed by atoms with Crippen LogP contribution >= 0.6 is 0 Å². The first-order valence-electron chi connectivity index (χ1n) is 6.15. The second-order valence-corrected chi connectivity index (χ2v) is 4.09. The molecule has 20 heavy (non-hydrogen) atoms. The standard InChI is InChI=1S/C14H16N4O2/c15-11-6-7-12(13(16)19)18-14(11)17-8-9-20-10-4-2-1-3-5-10/h1-7H,8-9,15H2,(H2,16,19)(H,17,18). The van der Waals surface area contributed by atoms with Gasteiger partial charge in [-0.15, -0.1) is 0 Å². The van der Waals surface area contributed by atoms with Gasteiger partial charge in [0.1, 0.15) is 23.9 Å². The maximum absolute atomic E-state index is 11.0. The summed E-state index contributed by atoms with van der Waals surface area (Å²) in [5.41, 5.74) is 11.6. The Morgan fingerprint density at radius 1 is 1.20 bits per heavy atom. The van der Waals surface area contributed by atoms with E-state index in [4.69, 9.17) is 16.2 Å². The van der Waals surface area contributed by atoms with E-state index < -0.39 is 5.91 Å². The number of rotatable bonds is 6. The number of carbonyl (C=O) groups is 1. The Balaban J connectivity index is 1.88. The second kappa shape index (κ2) is 6.42. The molecule has 0 bridgehead atoms. The van der Waals surface area contributed by atoms with Crippen LogP contribution in [0.3, 0.4) is 0 Å². The first kappa shape index (κ1) is 13.7. The van der Waals surface area contributed by atoms with Crippen molar-refractivity contribution in [2.24, 2.45) is 5.73 Å². The molecule has 0 aliphatic carbocycles. The van der Waals surface area contributed by atoms with E-state index in [0.29, 0.717) is 24.7 Å². The van der Waals surface area contributed by atoms with Crippen molar-refractivity contribution in [1.82, 2.24) is 4.98 Å². The maximum Gasteiger partial charge on any atom is 0.267 e. The summed E-state index contributed by atoms with van der Waals surface area (Å²) in [5.74, 6) is 0.632. The summed E-state index contributed by atoms with van der Waals surface area (Å²) in [6, 6.07) is 12.6. The number of nitrogens with two attached hydrogens (primary N) is 2. The third kappa shape index (κ3) is 3.61. The topological polar surface area (TPSA) is 103 Å². The summed E-state index contributed by atoms with van der Waals surface area (Å²) in [7, 11) is 0. The number of ether oxygens (including phenoxy) is 1. The largest absolute Gasteiger partial charge is 0.492 e. The third-order valence-electron chi connectivity index (χ3n) is 2.59. The quantitative estimate of drug-likeness (QED) is 0.687. The summed E-state index contributed by atoms with van der Waals surface area (Å²) >= 11 is 0. The van der Waals surface area contributed by atoms with Gasteiger partial charge in [-0.3, -0.25) is 4.79 Å². The monoisotopic (exact) mass is 272 g/mol. The van der Waals surface area contributed by atoms with Gasteiger partial charge in [-0.2, -0.15) is 0 Å². The van der Waals surface area contributed by atoms with Crippen LogP contribution in [0.25, 0.3) is 0 Å². The number of primary amides is 1. The van der Waals surface area contributed by atoms with Crippen molar-refractivity contribution in [1.29, 1.82) is 0 Å². The van der Waals surface area contributed by atoms with E-state index in [2.05, 4.69) is 10.3 Å². The molecule has 0 unspecified atom stereocenters. The number of carbonyl (C=O) groups excluding carboxylic acids is 1. The molecule has 0 fully saturated rings. The number of nitrogens with one attached hydrogen (secondary N) is 1. The molecular formula is C14H16N4O2. The van der Waals surface area contributed by atoms with Crippen LogP contribution < -0.4 is 21.5 Å². The van der Waals surface area contributed by atoms with Crippen LogP contribution in [0.4, 0.5) is 11.5 Å². The number of hydrogen-bond donors (Lipinski definition) is 3. The van der Waals surface area contributed by atoms with Gasteiger partial charge in [-0.25, -0.2) is 4.98 Å². The van der Waals surface area contributed by atoms with Crippen molar-refractivity contribution in [3.05, 3.63) is 48.2 Å². The van der Waals surface area contributed by atoms with Crippen molar-refractivity contribution < 1.29 is 9.53 Å². The Labute approximate surface area is 116 Å². The van der Waals surface area contributed by atoms with Crippen LogP contribution in [0.15, 0.2) is 42.5 Å². The van der Waals surface area contributed by atoms with E-state index in [0.717, 1.165) is 5.75 Å². The average molecular weight is 272 g/mol. The van der Waals surface area contributed by atoms with Gasteiger partial charge < -0.3 is 21.5 Å². The molecule has 5 N–H and O–H groups in total. The van der Waals surface area contributed by atoms with Gasteiger partial charge in [-0.1, -0.05) is 18.2 Å². The molecule has 0 spiro atoms. The Morgan fingerprint density at radius 2 is 1.95 bits per heavy atom. The molecular weight excluding hydrogens is 256 g/mol. The lowest BCUT2D eigenvalue weighted by Gasteiger charge is -2.10. The van der Waals surface area contributed by atoms with Crippen molar-refractivity contribution in [2.45, 2.75) is 0 Å². The van der Waals surface area contributed by atoms with Gasteiger partial charge in [0.2, 0.25) is 0 Å². The minimum Gasteiger partial charge on any atom is -0.492 e. The van der Waals surface area contributed by atoms with E-state index in [1.165, 1.54) is 6.07 Å². The molecule has 6 nitrogen and oxygen atoms in total. The maximum atomic E-state index is 11.0. The van der Waals surface area contributed by atoms with Crippen molar-refractivity contribution in [2.75, 3.05) is 24.2 Å². The molecule has 0 atom stereocenters. The Hall–Kier alpha value is -2.76. The van der Waals surface area contributed by atoms with E-state index in [9.17, 15) is 4.79 Å². The zero-order valence-corrected chi connectivity index (χ0v) is 10.9. The number of amides is 1. The molecule has 2 rings (SSSR count). The highest BCUT2D eigenvalue weighted by Crippen LogP contribution is 2.15. The number of aromatic nitrogens is 1. The third-order valence-corrected chi connectivity index (χ3v) is 2.59. The average Bonchev–Trinajstić information content (AvgIpc) is 2.46. The van der Waals surface area contributed by atoms with Crippen LogP contribution in [-0.4, -0.2) is 24.0 Å². The van der Waals surface area contributed by atoms with Crippen LogP contribution in [0.5, 0.6) is 5.75 Å². The zero-order chi connectivity index (χ0) is 14.4. The molecule has 0 radical (unpaired) electrons. The zero-order valence-electron chi connectivity index (χ0n) is 10.9. The normalized spacial score (nSPS) is 10.0. The van der Waals surface area contributed by atoms with Gasteiger partial charge in [0.25, 0.3) is 5.91 Å². The number of pyridine rings is 1. The number of nitrogen functional groups attached to an aromatic ring is 1. The minimum absolute atomic E-state index is 0.172. The van der Waals surface area contributed by atoms with Crippen LogP contribution in [0.2, 0.25) is 0 Å². The van der Waals surface area contributed by atoms with Crippen molar-refractivity contribution in [3.63, 3.8) is 0 Å². The summed E-state index contributed by atoms with van der Waals surface area (Å²) in [5, 5.41) is 3.01. The molecule has 0 saturated heterocycles. The smallest absolute Gasteiger partial charge is 0.267 e. The van der Waals surface area contributed by atoms with Gasteiger partial charge in [0.15, 0.2) is 0 Å². The number of benzene rings is 1. The molecule has 1 aromatic heterocycles. The van der Waals surface area contributed by atoms with E-state index in [1.54, 1.807) is 6.07 Å². The van der Waals surface area contributed by atoms with Crippen molar-refractivity contribution in [3.8, 4) is 5.75 Å². The number of anilines is 2. The number of para-hydroxylation sites is 1. The summed E-state index contributed by atoms with van der Waals surface area (Å²) < 4.78 is 5.52. The molecule has 0 aliphatic rings. The predicted molar refractivity (Wildman–Crippen MR) is 77.6 cm³/mol. The highest BCUT2D eigenvalue weighted by atomic mass is 16.5. The van der Waals surface area contributed by atoms with Crippen molar-refractivity contribution >= 4 is 17.4 Å². The molecule has 0 aliphatic heterocycles. The molecule has 1 heterocycles. The van der Waals surface area contributed by atoms with Gasteiger partial charge in [0.05, 0.1) is 12.2 Å². The Kier molecular flexibility index (Phi) is 4.39. The lowest BCUT2D eigenvalue weighted by Crippen LogP contribution is -2.17. The Bertz CT molecular complexity index is 587. The van der Waals surface area contributed by atoms with Crippen LogP contribution in [0, 0.1) is 0 Å². The fourth-order valence-electron chi connectivity index (χ4n) is 1.60. The fraction of sp³-hybridized carbons (Fsp3) is 0.143. The first-order chi connectivity index (χ1) is 9.66. The van der Waals surface area contributed by atoms with E-state index >= 15 is 0 Å². The molecule has 6 heteroatoms. The fourth-order valence-corrected chi connectivity index (χ4v) is 1.60. The highest BCUT2D eigenvalue weighted by Gasteiger charge is 2.06. The number of hydrogen-bond acceptors (Lipinski definition) is 5. The predicted octanol–water partition coefficient (Wildman–Crippen LogP) is 1.25.